The van der Waals surface area contributed by atoms with Crippen LogP contribution in [0.4, 0.5) is 0 Å². The number of rotatable bonds is 6. The van der Waals surface area contributed by atoms with Gasteiger partial charge in [0.25, 0.3) is 11.5 Å². The summed E-state index contributed by atoms with van der Waals surface area (Å²) in [5.41, 5.74) is 5.43. The minimum atomic E-state index is -0.605. The van der Waals surface area contributed by atoms with Crippen LogP contribution in [0.1, 0.15) is 42.4 Å². The zero-order valence-corrected chi connectivity index (χ0v) is 18.2. The zero-order chi connectivity index (χ0) is 22.5. The second kappa shape index (κ2) is 9.61. The summed E-state index contributed by atoms with van der Waals surface area (Å²) < 4.78 is 6.36. The van der Waals surface area contributed by atoms with Crippen molar-refractivity contribution in [1.82, 2.24) is 20.6 Å². The van der Waals surface area contributed by atoms with E-state index in [1.807, 2.05) is 6.07 Å². The van der Waals surface area contributed by atoms with Crippen LogP contribution in [-0.4, -0.2) is 28.7 Å². The van der Waals surface area contributed by atoms with Gasteiger partial charge in [-0.15, -0.1) is 0 Å². The van der Waals surface area contributed by atoms with E-state index in [4.69, 9.17) is 16.3 Å². The fourth-order valence-electron chi connectivity index (χ4n) is 3.10. The molecule has 0 aliphatic rings. The van der Waals surface area contributed by atoms with E-state index in [1.165, 1.54) is 11.8 Å². The van der Waals surface area contributed by atoms with Crippen molar-refractivity contribution in [2.24, 2.45) is 0 Å². The first-order chi connectivity index (χ1) is 14.8. The van der Waals surface area contributed by atoms with Crippen molar-refractivity contribution in [1.29, 1.82) is 0 Å². The molecule has 8 nitrogen and oxygen atoms in total. The summed E-state index contributed by atoms with van der Waals surface area (Å²) in [6, 6.07) is 11.8. The summed E-state index contributed by atoms with van der Waals surface area (Å²) in [6.07, 6.45) is 0.577. The maximum atomic E-state index is 12.7. The fraction of sp³-hybridized carbons (Fsp3) is 0.273. The average Bonchev–Trinajstić information content (AvgIpc) is 2.76. The first kappa shape index (κ1) is 22.3. The van der Waals surface area contributed by atoms with Gasteiger partial charge in [0.2, 0.25) is 5.91 Å². The van der Waals surface area contributed by atoms with Crippen molar-refractivity contribution in [2.75, 3.05) is 7.11 Å². The summed E-state index contributed by atoms with van der Waals surface area (Å²) in [6.45, 7) is 3.61. The molecule has 31 heavy (non-hydrogen) atoms. The molecule has 0 aliphatic carbocycles. The van der Waals surface area contributed by atoms with E-state index in [0.29, 0.717) is 28.0 Å². The number of aromatic nitrogens is 2. The van der Waals surface area contributed by atoms with Crippen LogP contribution in [0, 0.1) is 0 Å². The van der Waals surface area contributed by atoms with Crippen molar-refractivity contribution in [3.05, 3.63) is 69.1 Å². The molecule has 9 heteroatoms. The number of benzene rings is 2. The molecule has 0 radical (unpaired) electrons. The normalized spacial score (nSPS) is 10.9. The highest BCUT2D eigenvalue weighted by atomic mass is 35.5. The Hall–Kier alpha value is -3.39. The Kier molecular flexibility index (Phi) is 6.91. The van der Waals surface area contributed by atoms with E-state index in [9.17, 15) is 14.4 Å². The van der Waals surface area contributed by atoms with Gasteiger partial charge in [-0.3, -0.25) is 25.2 Å². The van der Waals surface area contributed by atoms with E-state index >= 15 is 0 Å². The molecule has 1 heterocycles. The quantitative estimate of drug-likeness (QED) is 0.571. The van der Waals surface area contributed by atoms with E-state index in [0.717, 1.165) is 5.56 Å². The van der Waals surface area contributed by atoms with Crippen LogP contribution in [-0.2, 0) is 11.2 Å². The first-order valence-electron chi connectivity index (χ1n) is 9.75. The van der Waals surface area contributed by atoms with Gasteiger partial charge in [0, 0.05) is 11.8 Å². The molecule has 2 N–H and O–H groups in total. The fourth-order valence-corrected chi connectivity index (χ4v) is 3.38. The number of nitrogens with zero attached hydrogens (tertiary/aromatic N) is 2. The smallest absolute Gasteiger partial charge is 0.290 e. The number of hydrazine groups is 1. The minimum absolute atomic E-state index is 0.0612. The number of nitrogens with one attached hydrogen (secondary N) is 2. The highest BCUT2D eigenvalue weighted by Crippen LogP contribution is 2.25. The second-order valence-electron chi connectivity index (χ2n) is 7.21. The first-order valence-corrected chi connectivity index (χ1v) is 10.1. The van der Waals surface area contributed by atoms with Gasteiger partial charge in [0.1, 0.15) is 5.75 Å². The number of methoxy groups -OCH3 is 1. The maximum Gasteiger partial charge on any atom is 0.290 e. The van der Waals surface area contributed by atoms with Crippen molar-refractivity contribution < 1.29 is 14.3 Å². The molecule has 0 aliphatic heterocycles. The standard InChI is InChI=1S/C22H23ClN4O4/c1-13(2)27-22(30)16-7-5-4-6-15(16)20(26-27)21(29)25-24-19(28)11-9-14-8-10-18(31-3)17(23)12-14/h4-8,10,12-13H,9,11H2,1-3H3,(H,24,28)(H,25,29). The van der Waals surface area contributed by atoms with Gasteiger partial charge in [-0.05, 0) is 44.0 Å². The number of aryl methyl sites for hydroxylation is 1. The highest BCUT2D eigenvalue weighted by molar-refractivity contribution is 6.32. The van der Waals surface area contributed by atoms with Gasteiger partial charge in [-0.25, -0.2) is 4.68 Å². The Morgan fingerprint density at radius 2 is 1.84 bits per heavy atom. The number of hydrogen-bond donors (Lipinski definition) is 2. The second-order valence-corrected chi connectivity index (χ2v) is 7.62. The number of amides is 2. The number of hydrogen-bond acceptors (Lipinski definition) is 5. The molecule has 162 valence electrons. The Bertz CT molecular complexity index is 1190. The molecular formula is C22H23ClN4O4. The third kappa shape index (κ3) is 5.03. The summed E-state index contributed by atoms with van der Waals surface area (Å²) in [4.78, 5) is 37.5. The largest absolute Gasteiger partial charge is 0.495 e. The van der Waals surface area contributed by atoms with Gasteiger partial charge in [-0.2, -0.15) is 5.10 Å². The molecule has 0 unspecified atom stereocenters. The van der Waals surface area contributed by atoms with E-state index < -0.39 is 5.91 Å². The van der Waals surface area contributed by atoms with Crippen molar-refractivity contribution >= 4 is 34.2 Å². The molecule has 2 aromatic carbocycles. The molecule has 0 bridgehead atoms. The molecule has 3 aromatic rings. The van der Waals surface area contributed by atoms with Crippen molar-refractivity contribution in [2.45, 2.75) is 32.7 Å². The predicted octanol–water partition coefficient (Wildman–Crippen LogP) is 3.03. The Morgan fingerprint density at radius 1 is 1.13 bits per heavy atom. The molecule has 3 rings (SSSR count). The topological polar surface area (TPSA) is 102 Å². The van der Waals surface area contributed by atoms with Gasteiger partial charge in [0.15, 0.2) is 5.69 Å². The summed E-state index contributed by atoms with van der Waals surface area (Å²) in [7, 11) is 1.53. The number of ether oxygens (including phenoxy) is 1. The van der Waals surface area contributed by atoms with Crippen LogP contribution in [0.2, 0.25) is 5.02 Å². The van der Waals surface area contributed by atoms with Crippen LogP contribution >= 0.6 is 11.6 Å². The lowest BCUT2D eigenvalue weighted by Gasteiger charge is -2.14. The summed E-state index contributed by atoms with van der Waals surface area (Å²) in [5.74, 6) is -0.419. The molecular weight excluding hydrogens is 420 g/mol. The SMILES string of the molecule is COc1ccc(CCC(=O)NNC(=O)c2nn(C(C)C)c(=O)c3ccccc23)cc1Cl. The lowest BCUT2D eigenvalue weighted by molar-refractivity contribution is -0.121. The minimum Gasteiger partial charge on any atom is -0.495 e. The van der Waals surface area contributed by atoms with E-state index in [2.05, 4.69) is 16.0 Å². The lowest BCUT2D eigenvalue weighted by atomic mass is 10.1. The van der Waals surface area contributed by atoms with Gasteiger partial charge >= 0.3 is 0 Å². The third-order valence-corrected chi connectivity index (χ3v) is 5.00. The molecule has 2 amide bonds. The Labute approximate surface area is 184 Å². The molecule has 0 saturated heterocycles. The average molecular weight is 443 g/mol. The van der Waals surface area contributed by atoms with Crippen LogP contribution < -0.4 is 21.1 Å². The van der Waals surface area contributed by atoms with Gasteiger partial charge in [0.05, 0.1) is 23.6 Å². The summed E-state index contributed by atoms with van der Waals surface area (Å²) in [5, 5.41) is 5.48. The number of fused-ring (bicyclic) bond motifs is 1. The maximum absolute atomic E-state index is 12.7. The molecule has 0 spiro atoms. The molecule has 0 saturated carbocycles. The van der Waals surface area contributed by atoms with Crippen LogP contribution in [0.25, 0.3) is 10.8 Å². The third-order valence-electron chi connectivity index (χ3n) is 4.71. The van der Waals surface area contributed by atoms with Crippen molar-refractivity contribution in [3.8, 4) is 5.75 Å². The molecule has 0 fully saturated rings. The Morgan fingerprint density at radius 3 is 2.48 bits per heavy atom. The van der Waals surface area contributed by atoms with Crippen LogP contribution in [0.5, 0.6) is 5.75 Å². The van der Waals surface area contributed by atoms with E-state index in [1.54, 1.807) is 50.2 Å². The van der Waals surface area contributed by atoms with Gasteiger partial charge in [-0.1, -0.05) is 35.9 Å². The highest BCUT2D eigenvalue weighted by Gasteiger charge is 2.18. The zero-order valence-electron chi connectivity index (χ0n) is 17.4. The lowest BCUT2D eigenvalue weighted by Crippen LogP contribution is -2.43. The number of halogens is 1. The summed E-state index contributed by atoms with van der Waals surface area (Å²) >= 11 is 6.10. The number of carbonyl (C=O) groups excluding carboxylic acids is 2. The van der Waals surface area contributed by atoms with Crippen molar-refractivity contribution in [3.63, 3.8) is 0 Å². The Balaban J connectivity index is 1.69. The van der Waals surface area contributed by atoms with E-state index in [-0.39, 0.29) is 29.6 Å². The van der Waals surface area contributed by atoms with Crippen LogP contribution in [0.15, 0.2) is 47.3 Å². The number of carbonyl (C=O) groups is 2. The monoisotopic (exact) mass is 442 g/mol. The molecule has 1 aromatic heterocycles. The molecule has 0 atom stereocenters. The van der Waals surface area contributed by atoms with Gasteiger partial charge < -0.3 is 4.74 Å². The van der Waals surface area contributed by atoms with Crippen LogP contribution in [0.3, 0.4) is 0 Å². The predicted molar refractivity (Wildman–Crippen MR) is 118 cm³/mol.